The van der Waals surface area contributed by atoms with Crippen molar-refractivity contribution in [1.29, 1.82) is 5.26 Å². The SMILES string of the molecule is N#CCNC(=O)OCc1cccc(F)c1. The highest BCUT2D eigenvalue weighted by Crippen LogP contribution is 2.04. The molecule has 0 saturated carbocycles. The van der Waals surface area contributed by atoms with E-state index in [-0.39, 0.29) is 19.0 Å². The summed E-state index contributed by atoms with van der Waals surface area (Å²) in [6, 6.07) is 7.48. The van der Waals surface area contributed by atoms with Crippen molar-refractivity contribution in [2.75, 3.05) is 6.54 Å². The molecule has 1 rings (SSSR count). The number of alkyl carbamates (subject to hydrolysis) is 1. The highest BCUT2D eigenvalue weighted by molar-refractivity contribution is 5.67. The van der Waals surface area contributed by atoms with E-state index in [4.69, 9.17) is 10.00 Å². The number of hydrogen-bond donors (Lipinski definition) is 1. The van der Waals surface area contributed by atoms with Crippen LogP contribution in [0.3, 0.4) is 0 Å². The van der Waals surface area contributed by atoms with Crippen LogP contribution in [0, 0.1) is 17.1 Å². The lowest BCUT2D eigenvalue weighted by atomic mass is 10.2. The van der Waals surface area contributed by atoms with Crippen molar-refractivity contribution in [3.63, 3.8) is 0 Å². The molecule has 0 aromatic heterocycles. The van der Waals surface area contributed by atoms with Gasteiger partial charge in [-0.3, -0.25) is 0 Å². The Kier molecular flexibility index (Phi) is 4.10. The van der Waals surface area contributed by atoms with Gasteiger partial charge in [0.05, 0.1) is 6.07 Å². The van der Waals surface area contributed by atoms with Crippen molar-refractivity contribution in [3.05, 3.63) is 35.6 Å². The van der Waals surface area contributed by atoms with Crippen molar-refractivity contribution in [2.24, 2.45) is 0 Å². The van der Waals surface area contributed by atoms with Crippen molar-refractivity contribution in [2.45, 2.75) is 6.61 Å². The number of ether oxygens (including phenoxy) is 1. The predicted molar refractivity (Wildman–Crippen MR) is 50.2 cm³/mol. The fourth-order valence-electron chi connectivity index (χ4n) is 0.938. The van der Waals surface area contributed by atoms with E-state index in [1.165, 1.54) is 18.2 Å². The molecule has 5 heteroatoms. The summed E-state index contributed by atoms with van der Waals surface area (Å²) in [5.74, 6) is -0.381. The maximum absolute atomic E-state index is 12.7. The number of hydrogen-bond acceptors (Lipinski definition) is 3. The highest BCUT2D eigenvalue weighted by Gasteiger charge is 2.01. The van der Waals surface area contributed by atoms with Gasteiger partial charge in [-0.25, -0.2) is 9.18 Å². The number of nitrogens with zero attached hydrogens (tertiary/aromatic N) is 1. The van der Waals surface area contributed by atoms with Gasteiger partial charge in [0, 0.05) is 0 Å². The molecule has 0 unspecified atom stereocenters. The number of nitriles is 1. The molecule has 1 aromatic carbocycles. The summed E-state index contributed by atoms with van der Waals surface area (Å²) in [6.07, 6.45) is -0.694. The maximum atomic E-state index is 12.7. The minimum absolute atomic E-state index is 0.0188. The minimum atomic E-state index is -0.694. The molecule has 0 aliphatic rings. The smallest absolute Gasteiger partial charge is 0.408 e. The molecule has 0 aliphatic carbocycles. The monoisotopic (exact) mass is 208 g/mol. The van der Waals surface area contributed by atoms with E-state index in [1.54, 1.807) is 12.1 Å². The second-order valence-electron chi connectivity index (χ2n) is 2.72. The van der Waals surface area contributed by atoms with Crippen molar-refractivity contribution in [1.82, 2.24) is 5.32 Å². The van der Waals surface area contributed by atoms with Crippen molar-refractivity contribution >= 4 is 6.09 Å². The standard InChI is InChI=1S/C10H9FN2O2/c11-9-3-1-2-8(6-9)7-15-10(14)13-5-4-12/h1-3,6H,5,7H2,(H,13,14). The number of carbonyl (C=O) groups excluding carboxylic acids is 1. The summed E-state index contributed by atoms with van der Waals surface area (Å²) in [7, 11) is 0. The summed E-state index contributed by atoms with van der Waals surface area (Å²) < 4.78 is 17.4. The first-order valence-corrected chi connectivity index (χ1v) is 4.24. The van der Waals surface area contributed by atoms with Crippen LogP contribution in [0.15, 0.2) is 24.3 Å². The van der Waals surface area contributed by atoms with Gasteiger partial charge < -0.3 is 10.1 Å². The molecular weight excluding hydrogens is 199 g/mol. The first kappa shape index (κ1) is 11.0. The third kappa shape index (κ3) is 4.09. The molecule has 0 bridgehead atoms. The molecule has 4 nitrogen and oxygen atoms in total. The van der Waals surface area contributed by atoms with Crippen LogP contribution < -0.4 is 5.32 Å². The van der Waals surface area contributed by atoms with Gasteiger partial charge in [-0.2, -0.15) is 5.26 Å². The molecule has 0 saturated heterocycles. The topological polar surface area (TPSA) is 62.1 Å². The molecule has 1 N–H and O–H groups in total. The lowest BCUT2D eigenvalue weighted by molar-refractivity contribution is 0.140. The van der Waals surface area contributed by atoms with E-state index in [0.29, 0.717) is 5.56 Å². The molecule has 15 heavy (non-hydrogen) atoms. The number of rotatable bonds is 3. The minimum Gasteiger partial charge on any atom is -0.445 e. The first-order valence-electron chi connectivity index (χ1n) is 4.24. The highest BCUT2D eigenvalue weighted by atomic mass is 19.1. The van der Waals surface area contributed by atoms with Crippen LogP contribution in [0.5, 0.6) is 0 Å². The molecule has 0 heterocycles. The third-order valence-corrected chi connectivity index (χ3v) is 1.57. The van der Waals surface area contributed by atoms with Gasteiger partial charge in [0.2, 0.25) is 0 Å². The Morgan fingerprint density at radius 2 is 2.40 bits per heavy atom. The summed E-state index contributed by atoms with van der Waals surface area (Å²) >= 11 is 0. The van der Waals surface area contributed by atoms with Gasteiger partial charge in [-0.05, 0) is 17.7 Å². The predicted octanol–water partition coefficient (Wildman–Crippen LogP) is 1.58. The summed E-state index contributed by atoms with van der Waals surface area (Å²) in [5.41, 5.74) is 0.558. The van der Waals surface area contributed by atoms with E-state index in [9.17, 15) is 9.18 Å². The molecule has 0 aliphatic heterocycles. The fraction of sp³-hybridized carbons (Fsp3) is 0.200. The van der Waals surface area contributed by atoms with Gasteiger partial charge in [0.1, 0.15) is 19.0 Å². The number of benzene rings is 1. The van der Waals surface area contributed by atoms with Crippen LogP contribution in [0.4, 0.5) is 9.18 Å². The van der Waals surface area contributed by atoms with E-state index in [1.807, 2.05) is 0 Å². The molecule has 78 valence electrons. The van der Waals surface area contributed by atoms with Gasteiger partial charge >= 0.3 is 6.09 Å². The lowest BCUT2D eigenvalue weighted by Crippen LogP contribution is -2.24. The normalized spacial score (nSPS) is 9.07. The Morgan fingerprint density at radius 1 is 1.60 bits per heavy atom. The van der Waals surface area contributed by atoms with E-state index < -0.39 is 6.09 Å². The second-order valence-corrected chi connectivity index (χ2v) is 2.72. The van der Waals surface area contributed by atoms with Crippen LogP contribution in [0.1, 0.15) is 5.56 Å². The van der Waals surface area contributed by atoms with Crippen LogP contribution in [0.25, 0.3) is 0 Å². The maximum Gasteiger partial charge on any atom is 0.408 e. The quantitative estimate of drug-likeness (QED) is 0.767. The molecule has 1 aromatic rings. The van der Waals surface area contributed by atoms with Crippen LogP contribution in [0.2, 0.25) is 0 Å². The summed E-state index contributed by atoms with van der Waals surface area (Å²) in [6.45, 7) is -0.128. The number of halogens is 1. The van der Waals surface area contributed by atoms with Gasteiger partial charge in [0.25, 0.3) is 0 Å². The zero-order valence-corrected chi connectivity index (χ0v) is 7.87. The Hall–Kier alpha value is -2.09. The number of nitrogens with one attached hydrogen (secondary N) is 1. The fourth-order valence-corrected chi connectivity index (χ4v) is 0.938. The van der Waals surface area contributed by atoms with Crippen molar-refractivity contribution < 1.29 is 13.9 Å². The molecule has 0 radical (unpaired) electrons. The van der Waals surface area contributed by atoms with Gasteiger partial charge in [0.15, 0.2) is 0 Å². The zero-order chi connectivity index (χ0) is 11.1. The number of amides is 1. The third-order valence-electron chi connectivity index (χ3n) is 1.57. The molecule has 1 amide bonds. The van der Waals surface area contributed by atoms with Crippen LogP contribution in [-0.4, -0.2) is 12.6 Å². The van der Waals surface area contributed by atoms with Gasteiger partial charge in [-0.1, -0.05) is 12.1 Å². The summed E-state index contributed by atoms with van der Waals surface area (Å²) in [4.78, 5) is 10.9. The largest absolute Gasteiger partial charge is 0.445 e. The Balaban J connectivity index is 2.37. The molecule has 0 fully saturated rings. The first-order chi connectivity index (χ1) is 7.22. The van der Waals surface area contributed by atoms with E-state index in [2.05, 4.69) is 5.32 Å². The second kappa shape index (κ2) is 5.60. The van der Waals surface area contributed by atoms with Crippen LogP contribution >= 0.6 is 0 Å². The average Bonchev–Trinajstić information content (AvgIpc) is 2.23. The van der Waals surface area contributed by atoms with E-state index >= 15 is 0 Å². The van der Waals surface area contributed by atoms with Gasteiger partial charge in [-0.15, -0.1) is 0 Å². The van der Waals surface area contributed by atoms with Crippen LogP contribution in [-0.2, 0) is 11.3 Å². The van der Waals surface area contributed by atoms with E-state index in [0.717, 1.165) is 0 Å². The number of carbonyl (C=O) groups is 1. The lowest BCUT2D eigenvalue weighted by Gasteiger charge is -2.04. The average molecular weight is 208 g/mol. The Morgan fingerprint density at radius 3 is 3.07 bits per heavy atom. The zero-order valence-electron chi connectivity index (χ0n) is 7.87. The molecule has 0 spiro atoms. The van der Waals surface area contributed by atoms with Crippen molar-refractivity contribution in [3.8, 4) is 6.07 Å². The molecular formula is C10H9FN2O2. The Labute approximate surface area is 86.3 Å². The summed E-state index contributed by atoms with van der Waals surface area (Å²) in [5, 5.41) is 10.4. The molecule has 0 atom stereocenters. The Bertz CT molecular complexity index is 387.